The van der Waals surface area contributed by atoms with Crippen molar-refractivity contribution < 1.29 is 4.79 Å². The molecule has 0 radical (unpaired) electrons. The topological polar surface area (TPSA) is 88.3 Å². The Hall–Kier alpha value is -3.04. The van der Waals surface area contributed by atoms with Crippen molar-refractivity contribution in [2.45, 2.75) is 46.6 Å². The van der Waals surface area contributed by atoms with Gasteiger partial charge in [0.05, 0.1) is 22.5 Å². The number of aromatic nitrogens is 4. The first-order chi connectivity index (χ1) is 16.8. The van der Waals surface area contributed by atoms with E-state index in [9.17, 15) is 9.59 Å². The molecule has 0 bridgehead atoms. The molecule has 1 aliphatic rings. The Morgan fingerprint density at radius 1 is 0.971 bits per heavy atom. The van der Waals surface area contributed by atoms with Crippen molar-refractivity contribution in [3.05, 3.63) is 51.6 Å². The fourth-order valence-corrected chi connectivity index (χ4v) is 4.65. The van der Waals surface area contributed by atoms with Gasteiger partial charge in [-0.25, -0.2) is 9.36 Å². The van der Waals surface area contributed by atoms with Crippen molar-refractivity contribution in [1.82, 2.24) is 34.7 Å². The fourth-order valence-electron chi connectivity index (χ4n) is 4.65. The van der Waals surface area contributed by atoms with E-state index < -0.39 is 0 Å². The largest absolute Gasteiger partial charge is 0.356 e. The molecule has 3 aromatic rings. The monoisotopic (exact) mass is 479 g/mol. The Morgan fingerprint density at radius 2 is 1.69 bits per heavy atom. The summed E-state index contributed by atoms with van der Waals surface area (Å²) in [6.07, 6.45) is 1.88. The third kappa shape index (κ3) is 5.97. The van der Waals surface area contributed by atoms with Crippen LogP contribution in [0.5, 0.6) is 0 Å². The van der Waals surface area contributed by atoms with Gasteiger partial charge in [0.2, 0.25) is 5.91 Å². The second kappa shape index (κ2) is 11.1. The zero-order chi connectivity index (χ0) is 24.9. The number of hydrogen-bond donors (Lipinski definition) is 1. The van der Waals surface area contributed by atoms with Gasteiger partial charge >= 0.3 is 0 Å². The third-order valence-corrected chi connectivity index (χ3v) is 6.81. The molecule has 1 aromatic carbocycles. The Bertz CT molecular complexity index is 1220. The van der Waals surface area contributed by atoms with Crippen LogP contribution >= 0.6 is 0 Å². The molecule has 9 nitrogen and oxygen atoms in total. The maximum absolute atomic E-state index is 13.1. The number of amides is 1. The summed E-state index contributed by atoms with van der Waals surface area (Å²) in [7, 11) is 2.15. The van der Waals surface area contributed by atoms with Crippen LogP contribution in [0.2, 0.25) is 0 Å². The molecule has 9 heteroatoms. The summed E-state index contributed by atoms with van der Waals surface area (Å²) in [6, 6.07) is 8.06. The number of aryl methyl sites for hydroxylation is 4. The van der Waals surface area contributed by atoms with Gasteiger partial charge in [0.15, 0.2) is 5.52 Å². The molecule has 0 aliphatic carbocycles. The first kappa shape index (κ1) is 25.1. The first-order valence-corrected chi connectivity index (χ1v) is 12.5. The molecule has 0 spiro atoms. The van der Waals surface area contributed by atoms with E-state index in [1.165, 1.54) is 10.2 Å². The third-order valence-electron chi connectivity index (χ3n) is 6.81. The van der Waals surface area contributed by atoms with E-state index in [-0.39, 0.29) is 11.5 Å². The molecule has 35 heavy (non-hydrogen) atoms. The molecule has 188 valence electrons. The van der Waals surface area contributed by atoms with Crippen molar-refractivity contribution in [2.24, 2.45) is 0 Å². The molecule has 1 aliphatic heterocycles. The number of nitrogens with one attached hydrogen (secondary N) is 1. The average Bonchev–Trinajstić information content (AvgIpc) is 3.19. The summed E-state index contributed by atoms with van der Waals surface area (Å²) in [5.41, 5.74) is 3.95. The lowest BCUT2D eigenvalue weighted by molar-refractivity contribution is -0.121. The smallest absolute Gasteiger partial charge is 0.295 e. The summed E-state index contributed by atoms with van der Waals surface area (Å²) in [4.78, 5) is 30.2. The minimum atomic E-state index is -0.216. The van der Waals surface area contributed by atoms with Crippen molar-refractivity contribution in [1.29, 1.82) is 0 Å². The van der Waals surface area contributed by atoms with Crippen LogP contribution in [0, 0.1) is 20.8 Å². The van der Waals surface area contributed by atoms with Crippen molar-refractivity contribution in [3.63, 3.8) is 0 Å². The van der Waals surface area contributed by atoms with Crippen LogP contribution in [0.25, 0.3) is 16.6 Å². The van der Waals surface area contributed by atoms with Crippen LogP contribution in [0.15, 0.2) is 29.1 Å². The van der Waals surface area contributed by atoms with Gasteiger partial charge < -0.3 is 15.1 Å². The van der Waals surface area contributed by atoms with E-state index in [2.05, 4.69) is 32.4 Å². The molecule has 0 atom stereocenters. The maximum Gasteiger partial charge on any atom is 0.295 e. The van der Waals surface area contributed by atoms with E-state index in [1.54, 1.807) is 4.68 Å². The average molecular weight is 480 g/mol. The van der Waals surface area contributed by atoms with E-state index in [4.69, 9.17) is 0 Å². The number of fused-ring (bicyclic) bond motifs is 1. The molecule has 4 rings (SSSR count). The van der Waals surface area contributed by atoms with Crippen LogP contribution < -0.4 is 10.9 Å². The summed E-state index contributed by atoms with van der Waals surface area (Å²) in [5.74, 6) is 0.0220. The summed E-state index contributed by atoms with van der Waals surface area (Å²) >= 11 is 0. The van der Waals surface area contributed by atoms with Gasteiger partial charge in [-0.05, 0) is 59.3 Å². The van der Waals surface area contributed by atoms with E-state index >= 15 is 0 Å². The van der Waals surface area contributed by atoms with Crippen LogP contribution in [-0.2, 0) is 11.3 Å². The molecule has 0 unspecified atom stereocenters. The molecule has 0 saturated carbocycles. The summed E-state index contributed by atoms with van der Waals surface area (Å²) in [5, 5.41) is 13.0. The lowest BCUT2D eigenvalue weighted by Gasteiger charge is -2.32. The van der Waals surface area contributed by atoms with E-state index in [0.717, 1.165) is 61.6 Å². The standard InChI is InChI=1S/C26H37N7O2/c1-19-8-10-22(11-9-19)33-21(3)24-20(2)28-32(26(35)25(24)29-33)14-5-7-23(34)27-12-6-13-31-17-15-30(4)16-18-31/h8-11H,5-7,12-18H2,1-4H3,(H,27,34). The maximum atomic E-state index is 13.1. The molecule has 1 saturated heterocycles. The van der Waals surface area contributed by atoms with Gasteiger partial charge in [0.25, 0.3) is 5.56 Å². The number of benzene rings is 1. The predicted octanol–water partition coefficient (Wildman–Crippen LogP) is 2.04. The number of likely N-dealkylation sites (N-methyl/N-ethyl adjacent to an activating group) is 1. The number of carbonyl (C=O) groups excluding carboxylic acids is 1. The second-order valence-corrected chi connectivity index (χ2v) is 9.62. The molecule has 2 aromatic heterocycles. The molecular weight excluding hydrogens is 442 g/mol. The van der Waals surface area contributed by atoms with Gasteiger partial charge in [-0.3, -0.25) is 9.59 Å². The van der Waals surface area contributed by atoms with Crippen LogP contribution in [0.3, 0.4) is 0 Å². The summed E-state index contributed by atoms with van der Waals surface area (Å²) in [6.45, 7) is 12.4. The molecule has 1 N–H and O–H groups in total. The van der Waals surface area contributed by atoms with Crippen LogP contribution in [0.1, 0.15) is 36.2 Å². The van der Waals surface area contributed by atoms with E-state index in [1.807, 2.05) is 45.0 Å². The van der Waals surface area contributed by atoms with Gasteiger partial charge in [0, 0.05) is 45.7 Å². The van der Waals surface area contributed by atoms with E-state index in [0.29, 0.717) is 31.4 Å². The Labute approximate surface area is 206 Å². The second-order valence-electron chi connectivity index (χ2n) is 9.62. The van der Waals surface area contributed by atoms with Gasteiger partial charge in [-0.15, -0.1) is 0 Å². The first-order valence-electron chi connectivity index (χ1n) is 12.5. The zero-order valence-electron chi connectivity index (χ0n) is 21.4. The number of piperazine rings is 1. The van der Waals surface area contributed by atoms with Crippen molar-refractivity contribution in [3.8, 4) is 5.69 Å². The number of nitrogens with zero attached hydrogens (tertiary/aromatic N) is 6. The number of hydrogen-bond acceptors (Lipinski definition) is 6. The Kier molecular flexibility index (Phi) is 7.97. The quantitative estimate of drug-likeness (QED) is 0.473. The molecule has 1 fully saturated rings. The van der Waals surface area contributed by atoms with Gasteiger partial charge in [-0.1, -0.05) is 17.7 Å². The highest BCUT2D eigenvalue weighted by molar-refractivity contribution is 5.83. The molecular formula is C26H37N7O2. The highest BCUT2D eigenvalue weighted by atomic mass is 16.1. The van der Waals surface area contributed by atoms with Crippen molar-refractivity contribution in [2.75, 3.05) is 46.3 Å². The van der Waals surface area contributed by atoms with Gasteiger partial charge in [0.1, 0.15) is 0 Å². The minimum absolute atomic E-state index is 0.0220. The van der Waals surface area contributed by atoms with Crippen LogP contribution in [0.4, 0.5) is 0 Å². The van der Waals surface area contributed by atoms with Crippen molar-refractivity contribution >= 4 is 16.8 Å². The highest BCUT2D eigenvalue weighted by Gasteiger charge is 2.18. The minimum Gasteiger partial charge on any atom is -0.356 e. The fraction of sp³-hybridized carbons (Fsp3) is 0.538. The SMILES string of the molecule is Cc1ccc(-n2nc3c(=O)n(CCCC(=O)NCCCN4CCN(C)CC4)nc(C)c3c2C)cc1. The zero-order valence-corrected chi connectivity index (χ0v) is 21.4. The van der Waals surface area contributed by atoms with Gasteiger partial charge in [-0.2, -0.15) is 10.2 Å². The lowest BCUT2D eigenvalue weighted by Crippen LogP contribution is -2.45. The van der Waals surface area contributed by atoms with Crippen LogP contribution in [-0.4, -0.2) is 81.6 Å². The summed E-state index contributed by atoms with van der Waals surface area (Å²) < 4.78 is 3.25. The highest BCUT2D eigenvalue weighted by Crippen LogP contribution is 2.21. The number of rotatable bonds is 9. The normalized spacial score (nSPS) is 15.1. The Morgan fingerprint density at radius 3 is 2.40 bits per heavy atom. The molecule has 1 amide bonds. The molecule has 3 heterocycles. The predicted molar refractivity (Wildman–Crippen MR) is 138 cm³/mol. The number of carbonyl (C=O) groups is 1. The Balaban J connectivity index is 1.31. The lowest BCUT2D eigenvalue weighted by atomic mass is 10.2.